The molecular formula is C13H5Cl6N3O2. The SMILES string of the molecule is O=C1[C@@H]2[C@H](C(=O)N1c1ncccn1)C1(Cl)C(Cl)=C(Cl)C2(Cl)C1(Cl)Cl. The van der Waals surface area contributed by atoms with E-state index in [0.717, 1.165) is 4.90 Å². The Morgan fingerprint density at radius 2 is 1.29 bits per heavy atom. The van der Waals surface area contributed by atoms with Gasteiger partial charge in [-0.2, -0.15) is 0 Å². The highest BCUT2D eigenvalue weighted by molar-refractivity contribution is 6.67. The first-order chi connectivity index (χ1) is 11.1. The average molecular weight is 448 g/mol. The standard InChI is InChI=1S/C13H5Cl6N3O2/c14-6-7(15)12(17)5-4(11(6,16)13(12,18)19)8(23)22(9(5)24)10-20-2-1-3-21-10/h1-5H/t4-,5+,11?,12?. The van der Waals surface area contributed by atoms with E-state index >= 15 is 0 Å². The minimum Gasteiger partial charge on any atom is -0.273 e. The van der Waals surface area contributed by atoms with E-state index in [9.17, 15) is 9.59 Å². The van der Waals surface area contributed by atoms with Gasteiger partial charge in [0.15, 0.2) is 4.33 Å². The van der Waals surface area contributed by atoms with Crippen LogP contribution in [0.5, 0.6) is 0 Å². The Balaban J connectivity index is 1.93. The van der Waals surface area contributed by atoms with Crippen molar-refractivity contribution >= 4 is 87.4 Å². The third kappa shape index (κ3) is 1.54. The molecule has 1 aromatic rings. The largest absolute Gasteiger partial charge is 0.273 e. The maximum absolute atomic E-state index is 12.9. The van der Waals surface area contributed by atoms with Crippen LogP contribution in [0.3, 0.4) is 0 Å². The first-order valence-electron chi connectivity index (χ1n) is 6.58. The zero-order valence-electron chi connectivity index (χ0n) is 11.3. The number of alkyl halides is 4. The zero-order chi connectivity index (χ0) is 17.7. The van der Waals surface area contributed by atoms with E-state index in [1.54, 1.807) is 6.07 Å². The number of aromatic nitrogens is 2. The van der Waals surface area contributed by atoms with Gasteiger partial charge in [0, 0.05) is 12.4 Å². The molecule has 0 aromatic carbocycles. The highest BCUT2D eigenvalue weighted by Gasteiger charge is 2.87. The van der Waals surface area contributed by atoms with Gasteiger partial charge in [-0.3, -0.25) is 9.59 Å². The Labute approximate surface area is 165 Å². The molecule has 126 valence electrons. The van der Waals surface area contributed by atoms with Crippen molar-refractivity contribution < 1.29 is 9.59 Å². The molecule has 24 heavy (non-hydrogen) atoms. The van der Waals surface area contributed by atoms with E-state index in [1.807, 2.05) is 0 Å². The molecular weight excluding hydrogens is 443 g/mol. The predicted octanol–water partition coefficient (Wildman–Crippen LogP) is 3.43. The molecule has 2 bridgehead atoms. The van der Waals surface area contributed by atoms with Crippen molar-refractivity contribution in [1.29, 1.82) is 0 Å². The summed E-state index contributed by atoms with van der Waals surface area (Å²) < 4.78 is -1.94. The number of halogens is 6. The third-order valence-electron chi connectivity index (χ3n) is 4.66. The van der Waals surface area contributed by atoms with Crippen LogP contribution in [-0.4, -0.2) is 35.9 Å². The molecule has 2 aliphatic carbocycles. The van der Waals surface area contributed by atoms with Gasteiger partial charge in [0.25, 0.3) is 0 Å². The summed E-state index contributed by atoms with van der Waals surface area (Å²) in [7, 11) is 0. The number of amides is 2. The molecule has 1 saturated heterocycles. The number of anilines is 1. The Bertz CT molecular complexity index is 784. The van der Waals surface area contributed by atoms with Crippen molar-refractivity contribution in [3.05, 3.63) is 28.5 Å². The molecule has 0 spiro atoms. The summed E-state index contributed by atoms with van der Waals surface area (Å²) in [6.07, 6.45) is 2.79. The van der Waals surface area contributed by atoms with E-state index in [4.69, 9.17) is 69.6 Å². The highest BCUT2D eigenvalue weighted by Crippen LogP contribution is 2.77. The Hall–Kier alpha value is -0.300. The smallest absolute Gasteiger partial charge is 0.242 e. The van der Waals surface area contributed by atoms with Gasteiger partial charge >= 0.3 is 0 Å². The molecule has 2 amide bonds. The van der Waals surface area contributed by atoms with E-state index < -0.39 is 37.7 Å². The zero-order valence-corrected chi connectivity index (χ0v) is 15.8. The van der Waals surface area contributed by atoms with Crippen LogP contribution >= 0.6 is 69.6 Å². The van der Waals surface area contributed by atoms with Crippen molar-refractivity contribution in [2.75, 3.05) is 4.90 Å². The van der Waals surface area contributed by atoms with Crippen LogP contribution in [0.1, 0.15) is 0 Å². The first kappa shape index (κ1) is 17.1. The van der Waals surface area contributed by atoms with Gasteiger partial charge < -0.3 is 0 Å². The molecule has 5 nitrogen and oxygen atoms in total. The van der Waals surface area contributed by atoms with E-state index in [-0.39, 0.29) is 16.0 Å². The van der Waals surface area contributed by atoms with Crippen LogP contribution in [0.2, 0.25) is 0 Å². The Morgan fingerprint density at radius 3 is 1.71 bits per heavy atom. The fourth-order valence-electron chi connectivity index (χ4n) is 3.60. The summed E-state index contributed by atoms with van der Waals surface area (Å²) in [6.45, 7) is 0. The number of hydrogen-bond acceptors (Lipinski definition) is 4. The fraction of sp³-hybridized carbons (Fsp3) is 0.385. The van der Waals surface area contributed by atoms with Crippen molar-refractivity contribution in [3.63, 3.8) is 0 Å². The number of imide groups is 1. The number of carbonyl (C=O) groups is 2. The van der Waals surface area contributed by atoms with Crippen molar-refractivity contribution in [2.45, 2.75) is 14.1 Å². The van der Waals surface area contributed by atoms with Gasteiger partial charge in [-0.15, -0.1) is 23.2 Å². The van der Waals surface area contributed by atoms with Crippen LogP contribution in [0.15, 0.2) is 28.5 Å². The summed E-state index contributed by atoms with van der Waals surface area (Å²) in [5.74, 6) is -3.82. The lowest BCUT2D eigenvalue weighted by Gasteiger charge is -2.34. The molecule has 3 aliphatic rings. The van der Waals surface area contributed by atoms with Crippen LogP contribution in [0.25, 0.3) is 0 Å². The number of fused-ring (bicyclic) bond motifs is 5. The number of allylic oxidation sites excluding steroid dienone is 2. The molecule has 0 radical (unpaired) electrons. The van der Waals surface area contributed by atoms with E-state index in [0.29, 0.717) is 0 Å². The summed E-state index contributed by atoms with van der Waals surface area (Å²) >= 11 is 38.3. The molecule has 1 aromatic heterocycles. The van der Waals surface area contributed by atoms with Crippen molar-refractivity contribution in [1.82, 2.24) is 9.97 Å². The maximum atomic E-state index is 12.9. The molecule has 4 atom stereocenters. The molecule has 2 unspecified atom stereocenters. The summed E-state index contributed by atoms with van der Waals surface area (Å²) in [4.78, 5) is 30.8. The van der Waals surface area contributed by atoms with Gasteiger partial charge in [-0.25, -0.2) is 14.9 Å². The van der Waals surface area contributed by atoms with Crippen molar-refractivity contribution in [2.24, 2.45) is 11.8 Å². The molecule has 1 saturated carbocycles. The van der Waals surface area contributed by atoms with Crippen molar-refractivity contribution in [3.8, 4) is 0 Å². The second-order valence-corrected chi connectivity index (χ2v) is 8.92. The van der Waals surface area contributed by atoms with Crippen LogP contribution in [-0.2, 0) is 9.59 Å². The second kappa shape index (κ2) is 4.90. The number of hydrogen-bond donors (Lipinski definition) is 0. The lowest BCUT2D eigenvalue weighted by Crippen LogP contribution is -2.50. The average Bonchev–Trinajstić information content (AvgIpc) is 2.93. The topological polar surface area (TPSA) is 63.2 Å². The van der Waals surface area contributed by atoms with Gasteiger partial charge in [0.1, 0.15) is 9.75 Å². The molecule has 2 fully saturated rings. The monoisotopic (exact) mass is 445 g/mol. The maximum Gasteiger partial charge on any atom is 0.242 e. The molecule has 4 rings (SSSR count). The lowest BCUT2D eigenvalue weighted by molar-refractivity contribution is -0.123. The van der Waals surface area contributed by atoms with E-state index in [1.165, 1.54) is 12.4 Å². The summed E-state index contributed by atoms with van der Waals surface area (Å²) in [5.41, 5.74) is 0. The minimum absolute atomic E-state index is 0.0937. The van der Waals surface area contributed by atoms with Crippen LogP contribution in [0, 0.1) is 11.8 Å². The Kier molecular flexibility index (Phi) is 3.50. The van der Waals surface area contributed by atoms with Crippen LogP contribution in [0.4, 0.5) is 5.95 Å². The quantitative estimate of drug-likeness (QED) is 0.489. The fourth-order valence-corrected chi connectivity index (χ4v) is 6.53. The second-order valence-electron chi connectivity index (χ2n) is 5.64. The summed E-state index contributed by atoms with van der Waals surface area (Å²) in [6, 6.07) is 1.54. The van der Waals surface area contributed by atoms with Gasteiger partial charge in [0.05, 0.1) is 21.9 Å². The molecule has 1 aliphatic heterocycles. The minimum atomic E-state index is -1.94. The number of carbonyl (C=O) groups excluding carboxylic acids is 2. The first-order valence-corrected chi connectivity index (χ1v) is 8.85. The normalized spacial score (nSPS) is 39.8. The molecule has 2 heterocycles. The predicted molar refractivity (Wildman–Crippen MR) is 91.8 cm³/mol. The van der Waals surface area contributed by atoms with Crippen LogP contribution < -0.4 is 4.90 Å². The van der Waals surface area contributed by atoms with E-state index in [2.05, 4.69) is 9.97 Å². The number of rotatable bonds is 1. The number of nitrogens with zero attached hydrogens (tertiary/aromatic N) is 3. The highest BCUT2D eigenvalue weighted by atomic mass is 35.5. The van der Waals surface area contributed by atoms with Gasteiger partial charge in [-0.1, -0.05) is 46.4 Å². The third-order valence-corrected chi connectivity index (χ3v) is 8.92. The van der Waals surface area contributed by atoms with Gasteiger partial charge in [0.2, 0.25) is 17.8 Å². The molecule has 0 N–H and O–H groups in total. The Morgan fingerprint density at radius 1 is 0.875 bits per heavy atom. The van der Waals surface area contributed by atoms with Gasteiger partial charge in [-0.05, 0) is 6.07 Å². The molecule has 11 heteroatoms. The lowest BCUT2D eigenvalue weighted by atomic mass is 9.84. The summed E-state index contributed by atoms with van der Waals surface area (Å²) in [5, 5.41) is -0.270.